The summed E-state index contributed by atoms with van der Waals surface area (Å²) in [6.07, 6.45) is 5.13. The standard InChI is InChI=1S/C12H18BrN3O/c1-3-16-11(10(13)8-14-16)12(17)15-7-5-4-6-9(15)2/h8-9H,3-7H2,1-2H3/t9-/m1/s1. The van der Waals surface area contributed by atoms with Crippen molar-refractivity contribution in [2.75, 3.05) is 6.54 Å². The second kappa shape index (κ2) is 5.21. The minimum absolute atomic E-state index is 0.100. The van der Waals surface area contributed by atoms with E-state index in [2.05, 4.69) is 28.0 Å². The number of amides is 1. The van der Waals surface area contributed by atoms with Gasteiger partial charge in [-0.3, -0.25) is 9.48 Å². The SMILES string of the molecule is CCn1ncc(Br)c1C(=O)N1CCCC[C@H]1C. The lowest BCUT2D eigenvalue weighted by Gasteiger charge is -2.33. The number of hydrogen-bond donors (Lipinski definition) is 0. The largest absolute Gasteiger partial charge is 0.335 e. The number of nitrogens with zero attached hydrogens (tertiary/aromatic N) is 3. The minimum atomic E-state index is 0.100. The van der Waals surface area contributed by atoms with Gasteiger partial charge >= 0.3 is 0 Å². The number of carbonyl (C=O) groups excluding carboxylic acids is 1. The van der Waals surface area contributed by atoms with Crippen molar-refractivity contribution in [3.63, 3.8) is 0 Å². The van der Waals surface area contributed by atoms with Crippen LogP contribution in [0.3, 0.4) is 0 Å². The molecule has 0 aromatic carbocycles. The summed E-state index contributed by atoms with van der Waals surface area (Å²) < 4.78 is 2.55. The molecular formula is C12H18BrN3O. The predicted octanol–water partition coefficient (Wildman–Crippen LogP) is 2.68. The maximum atomic E-state index is 12.5. The molecule has 2 heterocycles. The van der Waals surface area contributed by atoms with Crippen molar-refractivity contribution in [1.82, 2.24) is 14.7 Å². The fourth-order valence-electron chi connectivity index (χ4n) is 2.35. The summed E-state index contributed by atoms with van der Waals surface area (Å²) in [7, 11) is 0. The van der Waals surface area contributed by atoms with Crippen LogP contribution in [0.5, 0.6) is 0 Å². The summed E-state index contributed by atoms with van der Waals surface area (Å²) in [6, 6.07) is 0.336. The highest BCUT2D eigenvalue weighted by Gasteiger charge is 2.27. The second-order valence-electron chi connectivity index (χ2n) is 4.50. The van der Waals surface area contributed by atoms with E-state index >= 15 is 0 Å². The molecule has 0 aliphatic carbocycles. The molecule has 0 saturated carbocycles. The summed E-state index contributed by atoms with van der Waals surface area (Å²) in [6.45, 7) is 5.70. The average molecular weight is 300 g/mol. The Hall–Kier alpha value is -0.840. The lowest BCUT2D eigenvalue weighted by Crippen LogP contribution is -2.42. The molecule has 1 aliphatic rings. The Morgan fingerprint density at radius 3 is 3.00 bits per heavy atom. The summed E-state index contributed by atoms with van der Waals surface area (Å²) in [5, 5.41) is 4.20. The zero-order chi connectivity index (χ0) is 12.4. The molecule has 0 N–H and O–H groups in total. The van der Waals surface area contributed by atoms with Crippen molar-refractivity contribution < 1.29 is 4.79 Å². The van der Waals surface area contributed by atoms with Crippen molar-refractivity contribution in [2.24, 2.45) is 0 Å². The second-order valence-corrected chi connectivity index (χ2v) is 5.35. The molecular weight excluding hydrogens is 282 g/mol. The normalized spacial score (nSPS) is 20.6. The van der Waals surface area contributed by atoms with Gasteiger partial charge in [0.1, 0.15) is 5.69 Å². The van der Waals surface area contributed by atoms with Crippen LogP contribution in [-0.4, -0.2) is 33.2 Å². The molecule has 1 saturated heterocycles. The molecule has 5 heteroatoms. The smallest absolute Gasteiger partial charge is 0.273 e. The van der Waals surface area contributed by atoms with E-state index < -0.39 is 0 Å². The molecule has 17 heavy (non-hydrogen) atoms. The van der Waals surface area contributed by atoms with Gasteiger partial charge in [0.25, 0.3) is 5.91 Å². The maximum absolute atomic E-state index is 12.5. The maximum Gasteiger partial charge on any atom is 0.273 e. The first-order valence-corrected chi connectivity index (χ1v) is 6.96. The molecule has 1 fully saturated rings. The van der Waals surface area contributed by atoms with E-state index in [9.17, 15) is 4.79 Å². The van der Waals surface area contributed by atoms with E-state index in [-0.39, 0.29) is 5.91 Å². The summed E-state index contributed by atoms with van der Waals surface area (Å²) in [4.78, 5) is 14.5. The van der Waals surface area contributed by atoms with E-state index in [0.29, 0.717) is 11.7 Å². The number of aryl methyl sites for hydroxylation is 1. The van der Waals surface area contributed by atoms with Gasteiger partial charge in [-0.05, 0) is 49.0 Å². The van der Waals surface area contributed by atoms with Crippen LogP contribution in [0.15, 0.2) is 10.7 Å². The highest BCUT2D eigenvalue weighted by molar-refractivity contribution is 9.10. The molecule has 94 valence electrons. The third-order valence-corrected chi connectivity index (χ3v) is 3.94. The van der Waals surface area contributed by atoms with Crippen LogP contribution in [-0.2, 0) is 6.54 Å². The Morgan fingerprint density at radius 1 is 1.59 bits per heavy atom. The van der Waals surface area contributed by atoms with Crippen LogP contribution in [0.1, 0.15) is 43.6 Å². The third-order valence-electron chi connectivity index (χ3n) is 3.36. The van der Waals surface area contributed by atoms with E-state index in [1.807, 2.05) is 11.8 Å². The number of carbonyl (C=O) groups is 1. The Morgan fingerprint density at radius 2 is 2.35 bits per heavy atom. The molecule has 2 rings (SSSR count). The van der Waals surface area contributed by atoms with Crippen LogP contribution in [0.4, 0.5) is 0 Å². The van der Waals surface area contributed by atoms with Crippen LogP contribution < -0.4 is 0 Å². The number of rotatable bonds is 2. The summed E-state index contributed by atoms with van der Waals surface area (Å²) >= 11 is 3.41. The average Bonchev–Trinajstić information content (AvgIpc) is 2.70. The number of likely N-dealkylation sites (tertiary alicyclic amines) is 1. The van der Waals surface area contributed by atoms with Gasteiger partial charge in [0.15, 0.2) is 0 Å². The van der Waals surface area contributed by atoms with E-state index in [1.165, 1.54) is 6.42 Å². The number of aromatic nitrogens is 2. The van der Waals surface area contributed by atoms with Crippen LogP contribution in [0.25, 0.3) is 0 Å². The van der Waals surface area contributed by atoms with Crippen molar-refractivity contribution in [2.45, 2.75) is 45.7 Å². The van der Waals surface area contributed by atoms with Crippen LogP contribution in [0.2, 0.25) is 0 Å². The Kier molecular flexibility index (Phi) is 3.86. The van der Waals surface area contributed by atoms with Gasteiger partial charge in [0.2, 0.25) is 0 Å². The fraction of sp³-hybridized carbons (Fsp3) is 0.667. The van der Waals surface area contributed by atoms with E-state index in [0.717, 1.165) is 30.4 Å². The van der Waals surface area contributed by atoms with Crippen molar-refractivity contribution in [1.29, 1.82) is 0 Å². The zero-order valence-electron chi connectivity index (χ0n) is 10.3. The molecule has 1 aromatic heterocycles. The first-order chi connectivity index (χ1) is 8.15. The predicted molar refractivity (Wildman–Crippen MR) is 70.0 cm³/mol. The number of piperidine rings is 1. The third kappa shape index (κ3) is 2.39. The minimum Gasteiger partial charge on any atom is -0.335 e. The quantitative estimate of drug-likeness (QED) is 0.842. The first kappa shape index (κ1) is 12.6. The first-order valence-electron chi connectivity index (χ1n) is 6.17. The molecule has 1 amide bonds. The van der Waals surface area contributed by atoms with E-state index in [1.54, 1.807) is 10.9 Å². The lowest BCUT2D eigenvalue weighted by molar-refractivity contribution is 0.0622. The fourth-order valence-corrected chi connectivity index (χ4v) is 2.82. The number of halogens is 1. The molecule has 1 aliphatic heterocycles. The number of hydrogen-bond acceptors (Lipinski definition) is 2. The summed E-state index contributed by atoms with van der Waals surface area (Å²) in [5.74, 6) is 0.100. The highest BCUT2D eigenvalue weighted by atomic mass is 79.9. The monoisotopic (exact) mass is 299 g/mol. The molecule has 0 unspecified atom stereocenters. The van der Waals surface area contributed by atoms with Crippen LogP contribution >= 0.6 is 15.9 Å². The van der Waals surface area contributed by atoms with Gasteiger partial charge in [0.05, 0.1) is 10.7 Å². The molecule has 4 nitrogen and oxygen atoms in total. The van der Waals surface area contributed by atoms with Gasteiger partial charge in [-0.15, -0.1) is 0 Å². The summed E-state index contributed by atoms with van der Waals surface area (Å²) in [5.41, 5.74) is 0.682. The van der Waals surface area contributed by atoms with Crippen molar-refractivity contribution >= 4 is 21.8 Å². The molecule has 1 aromatic rings. The van der Waals surface area contributed by atoms with E-state index in [4.69, 9.17) is 0 Å². The Bertz CT molecular complexity index is 416. The molecule has 0 bridgehead atoms. The Balaban J connectivity index is 2.26. The zero-order valence-corrected chi connectivity index (χ0v) is 11.9. The van der Waals surface area contributed by atoms with Crippen molar-refractivity contribution in [3.8, 4) is 0 Å². The Labute approximate surface area is 110 Å². The van der Waals surface area contributed by atoms with Gasteiger partial charge in [-0.2, -0.15) is 5.10 Å². The van der Waals surface area contributed by atoms with Gasteiger partial charge in [0, 0.05) is 19.1 Å². The van der Waals surface area contributed by atoms with Crippen LogP contribution in [0, 0.1) is 0 Å². The van der Waals surface area contributed by atoms with Crippen molar-refractivity contribution in [3.05, 3.63) is 16.4 Å². The lowest BCUT2D eigenvalue weighted by atomic mass is 10.0. The topological polar surface area (TPSA) is 38.1 Å². The molecule has 0 radical (unpaired) electrons. The highest BCUT2D eigenvalue weighted by Crippen LogP contribution is 2.23. The molecule has 1 atom stereocenters. The molecule has 0 spiro atoms. The van der Waals surface area contributed by atoms with Gasteiger partial charge < -0.3 is 4.90 Å². The van der Waals surface area contributed by atoms with Gasteiger partial charge in [-0.25, -0.2) is 0 Å². The van der Waals surface area contributed by atoms with Gasteiger partial charge in [-0.1, -0.05) is 0 Å².